The zero-order valence-electron chi connectivity index (χ0n) is 14.9. The van der Waals surface area contributed by atoms with Gasteiger partial charge < -0.3 is 25.3 Å². The van der Waals surface area contributed by atoms with E-state index in [4.69, 9.17) is 10.5 Å². The van der Waals surface area contributed by atoms with Crippen LogP contribution in [0, 0.1) is 0 Å². The summed E-state index contributed by atoms with van der Waals surface area (Å²) >= 11 is 0. The highest BCUT2D eigenvalue weighted by Gasteiger charge is 2.13. The Bertz CT molecular complexity index is 1130. The van der Waals surface area contributed by atoms with E-state index in [9.17, 15) is 10.2 Å². The third-order valence-electron chi connectivity index (χ3n) is 4.24. The standard InChI is InChI=1S/C19H18N6O3/c20-17-16-18(24-19(23-17)28-10-14-4-5-21-7-15(14)27)25(11-22-16)8-12-2-1-3-13(6-12)9-26/h1-7,11,26-27H,8-10H2,(H2,20,23,24). The topological polar surface area (TPSA) is 132 Å². The van der Waals surface area contributed by atoms with Crippen molar-refractivity contribution in [3.05, 3.63) is 65.7 Å². The number of pyridine rings is 1. The third-order valence-corrected chi connectivity index (χ3v) is 4.24. The highest BCUT2D eigenvalue weighted by molar-refractivity contribution is 5.82. The van der Waals surface area contributed by atoms with Crippen molar-refractivity contribution >= 4 is 17.0 Å². The van der Waals surface area contributed by atoms with E-state index in [1.165, 1.54) is 6.20 Å². The molecule has 4 N–H and O–H groups in total. The highest BCUT2D eigenvalue weighted by atomic mass is 16.5. The summed E-state index contributed by atoms with van der Waals surface area (Å²) in [5.74, 6) is 0.243. The fraction of sp³-hybridized carbons (Fsp3) is 0.158. The molecule has 0 saturated heterocycles. The first-order valence-electron chi connectivity index (χ1n) is 8.55. The highest BCUT2D eigenvalue weighted by Crippen LogP contribution is 2.22. The molecule has 0 aliphatic heterocycles. The number of nitrogen functional groups attached to an aromatic ring is 1. The number of fused-ring (bicyclic) bond motifs is 1. The molecule has 142 valence electrons. The minimum atomic E-state index is -0.0204. The number of rotatable bonds is 6. The van der Waals surface area contributed by atoms with Gasteiger partial charge in [-0.2, -0.15) is 9.97 Å². The number of ether oxygens (including phenoxy) is 1. The van der Waals surface area contributed by atoms with E-state index in [1.807, 2.05) is 28.8 Å². The van der Waals surface area contributed by atoms with Crippen LogP contribution in [-0.2, 0) is 19.8 Å². The van der Waals surface area contributed by atoms with Gasteiger partial charge in [-0.1, -0.05) is 24.3 Å². The molecule has 28 heavy (non-hydrogen) atoms. The van der Waals surface area contributed by atoms with Crippen LogP contribution in [-0.4, -0.2) is 34.7 Å². The van der Waals surface area contributed by atoms with Gasteiger partial charge in [-0.25, -0.2) is 4.98 Å². The summed E-state index contributed by atoms with van der Waals surface area (Å²) in [6, 6.07) is 9.36. The fourth-order valence-corrected chi connectivity index (χ4v) is 2.83. The predicted molar refractivity (Wildman–Crippen MR) is 101 cm³/mol. The average molecular weight is 378 g/mol. The Morgan fingerprint density at radius 3 is 2.82 bits per heavy atom. The lowest BCUT2D eigenvalue weighted by Gasteiger charge is -2.09. The number of anilines is 1. The summed E-state index contributed by atoms with van der Waals surface area (Å²) in [6.45, 7) is 0.560. The zero-order valence-corrected chi connectivity index (χ0v) is 14.9. The molecule has 0 bridgehead atoms. The summed E-state index contributed by atoms with van der Waals surface area (Å²) in [4.78, 5) is 16.7. The van der Waals surface area contributed by atoms with Crippen molar-refractivity contribution in [2.24, 2.45) is 0 Å². The molecule has 9 heteroatoms. The van der Waals surface area contributed by atoms with Crippen molar-refractivity contribution in [2.75, 3.05) is 5.73 Å². The van der Waals surface area contributed by atoms with Crippen LogP contribution in [0.1, 0.15) is 16.7 Å². The first-order chi connectivity index (χ1) is 13.6. The maximum Gasteiger partial charge on any atom is 0.320 e. The minimum Gasteiger partial charge on any atom is -0.506 e. The predicted octanol–water partition coefficient (Wildman–Crippen LogP) is 1.63. The fourth-order valence-electron chi connectivity index (χ4n) is 2.83. The van der Waals surface area contributed by atoms with E-state index in [1.54, 1.807) is 18.6 Å². The first-order valence-corrected chi connectivity index (χ1v) is 8.55. The van der Waals surface area contributed by atoms with Gasteiger partial charge in [0.1, 0.15) is 12.4 Å². The summed E-state index contributed by atoms with van der Waals surface area (Å²) < 4.78 is 7.44. The molecule has 0 aliphatic rings. The van der Waals surface area contributed by atoms with E-state index < -0.39 is 0 Å². The number of benzene rings is 1. The van der Waals surface area contributed by atoms with Gasteiger partial charge in [0.15, 0.2) is 17.0 Å². The number of aromatic nitrogens is 5. The molecule has 0 aliphatic carbocycles. The molecule has 3 aromatic heterocycles. The monoisotopic (exact) mass is 378 g/mol. The van der Waals surface area contributed by atoms with Crippen molar-refractivity contribution in [3.63, 3.8) is 0 Å². The molecule has 0 spiro atoms. The Labute approximate surface area is 160 Å². The number of aromatic hydroxyl groups is 1. The molecule has 0 fully saturated rings. The van der Waals surface area contributed by atoms with Crippen LogP contribution in [0.15, 0.2) is 49.1 Å². The number of nitrogens with zero attached hydrogens (tertiary/aromatic N) is 5. The van der Waals surface area contributed by atoms with Crippen LogP contribution in [0.5, 0.6) is 11.8 Å². The van der Waals surface area contributed by atoms with E-state index in [2.05, 4.69) is 19.9 Å². The number of imidazole rings is 1. The van der Waals surface area contributed by atoms with Crippen LogP contribution in [0.3, 0.4) is 0 Å². The lowest BCUT2D eigenvalue weighted by Crippen LogP contribution is -2.05. The molecule has 0 atom stereocenters. The number of aliphatic hydroxyl groups is 1. The largest absolute Gasteiger partial charge is 0.506 e. The zero-order chi connectivity index (χ0) is 19.5. The SMILES string of the molecule is Nc1nc(OCc2ccncc2O)nc2c1ncn2Cc1cccc(CO)c1. The molecule has 1 aromatic carbocycles. The molecular weight excluding hydrogens is 360 g/mol. The Morgan fingerprint density at radius 1 is 1.14 bits per heavy atom. The maximum absolute atomic E-state index is 9.79. The van der Waals surface area contributed by atoms with E-state index in [-0.39, 0.29) is 30.8 Å². The first kappa shape index (κ1) is 17.7. The Kier molecular flexibility index (Phi) is 4.73. The van der Waals surface area contributed by atoms with Gasteiger partial charge in [0.2, 0.25) is 0 Å². The normalized spacial score (nSPS) is 11.0. The lowest BCUT2D eigenvalue weighted by atomic mass is 10.1. The maximum atomic E-state index is 9.79. The molecule has 0 unspecified atom stereocenters. The smallest absolute Gasteiger partial charge is 0.320 e. The van der Waals surface area contributed by atoms with Crippen LogP contribution in [0.25, 0.3) is 11.2 Å². The lowest BCUT2D eigenvalue weighted by molar-refractivity contribution is 0.276. The second-order valence-electron chi connectivity index (χ2n) is 6.21. The van der Waals surface area contributed by atoms with Crippen molar-refractivity contribution in [1.82, 2.24) is 24.5 Å². The second-order valence-corrected chi connectivity index (χ2v) is 6.21. The second kappa shape index (κ2) is 7.49. The van der Waals surface area contributed by atoms with Gasteiger partial charge in [0, 0.05) is 11.8 Å². The van der Waals surface area contributed by atoms with Crippen molar-refractivity contribution in [2.45, 2.75) is 19.8 Å². The number of hydrogen-bond donors (Lipinski definition) is 3. The molecule has 4 aromatic rings. The molecule has 3 heterocycles. The van der Waals surface area contributed by atoms with Crippen molar-refractivity contribution < 1.29 is 14.9 Å². The summed E-state index contributed by atoms with van der Waals surface area (Å²) in [5.41, 5.74) is 9.42. The average Bonchev–Trinajstić information content (AvgIpc) is 3.11. The molecule has 4 rings (SSSR count). The number of nitrogens with two attached hydrogens (primary N) is 1. The van der Waals surface area contributed by atoms with Crippen molar-refractivity contribution in [1.29, 1.82) is 0 Å². The van der Waals surface area contributed by atoms with Gasteiger partial charge in [-0.3, -0.25) is 4.98 Å². The number of hydrogen-bond acceptors (Lipinski definition) is 8. The van der Waals surface area contributed by atoms with E-state index in [0.29, 0.717) is 23.3 Å². The Hall–Kier alpha value is -3.72. The quantitative estimate of drug-likeness (QED) is 0.461. The van der Waals surface area contributed by atoms with Gasteiger partial charge in [0.05, 0.1) is 25.7 Å². The molecular formula is C19H18N6O3. The summed E-state index contributed by atoms with van der Waals surface area (Å²) in [5, 5.41) is 19.1. The Morgan fingerprint density at radius 2 is 2.00 bits per heavy atom. The van der Waals surface area contributed by atoms with E-state index >= 15 is 0 Å². The molecule has 9 nitrogen and oxygen atoms in total. The van der Waals surface area contributed by atoms with Gasteiger partial charge in [-0.15, -0.1) is 0 Å². The summed E-state index contributed by atoms with van der Waals surface area (Å²) in [6.07, 6.45) is 4.54. The van der Waals surface area contributed by atoms with E-state index in [0.717, 1.165) is 11.1 Å². The van der Waals surface area contributed by atoms with Crippen LogP contribution >= 0.6 is 0 Å². The van der Waals surface area contributed by atoms with Gasteiger partial charge in [-0.05, 0) is 17.2 Å². The Balaban J connectivity index is 1.61. The third kappa shape index (κ3) is 3.55. The van der Waals surface area contributed by atoms with Crippen LogP contribution < -0.4 is 10.5 Å². The van der Waals surface area contributed by atoms with Crippen LogP contribution in [0.4, 0.5) is 5.82 Å². The van der Waals surface area contributed by atoms with Gasteiger partial charge >= 0.3 is 6.01 Å². The van der Waals surface area contributed by atoms with Crippen LogP contribution in [0.2, 0.25) is 0 Å². The minimum absolute atomic E-state index is 0.0204. The van der Waals surface area contributed by atoms with Crippen molar-refractivity contribution in [3.8, 4) is 11.8 Å². The van der Waals surface area contributed by atoms with Gasteiger partial charge in [0.25, 0.3) is 0 Å². The molecule has 0 amide bonds. The summed E-state index contributed by atoms with van der Waals surface area (Å²) in [7, 11) is 0. The number of aliphatic hydroxyl groups excluding tert-OH is 1. The molecule has 0 radical (unpaired) electrons. The molecule has 0 saturated carbocycles.